The number of nitrogens with one attached hydrogen (secondary N) is 1. The highest BCUT2D eigenvalue weighted by Gasteiger charge is 2.25. The molecule has 0 aliphatic carbocycles. The second-order valence-corrected chi connectivity index (χ2v) is 7.39. The van der Waals surface area contributed by atoms with E-state index in [4.69, 9.17) is 19.4 Å². The van der Waals surface area contributed by atoms with Crippen molar-refractivity contribution in [2.45, 2.75) is 32.0 Å². The van der Waals surface area contributed by atoms with Gasteiger partial charge in [-0.25, -0.2) is 4.39 Å². The molecular formula is C23H22FNO7. The van der Waals surface area contributed by atoms with Crippen molar-refractivity contribution in [1.29, 1.82) is 0 Å². The third kappa shape index (κ3) is 5.77. The number of Topliss-reactive ketones (excluding diaryl/α,β-unsaturated/α-hetero) is 1. The number of hydrogen-bond donors (Lipinski definition) is 3. The van der Waals surface area contributed by atoms with Gasteiger partial charge in [0.25, 0.3) is 5.91 Å². The number of para-hydroxylation sites is 1. The first-order valence-electron chi connectivity index (χ1n) is 9.86. The molecular weight excluding hydrogens is 421 g/mol. The van der Waals surface area contributed by atoms with Crippen LogP contribution in [0.4, 0.5) is 4.39 Å². The summed E-state index contributed by atoms with van der Waals surface area (Å²) < 4.78 is 24.6. The first kappa shape index (κ1) is 23.1. The van der Waals surface area contributed by atoms with Gasteiger partial charge in [0.15, 0.2) is 11.6 Å². The molecule has 0 fully saturated rings. The van der Waals surface area contributed by atoms with E-state index in [2.05, 4.69) is 5.32 Å². The minimum Gasteiger partial charge on any atom is -0.460 e. The normalized spacial score (nSPS) is 11.4. The summed E-state index contributed by atoms with van der Waals surface area (Å²) in [5.41, 5.74) is 0.428. The fraction of sp³-hybridized carbons (Fsp3) is 0.261. The maximum Gasteiger partial charge on any atom is 0.279 e. The average Bonchev–Trinajstić information content (AvgIpc) is 2.74. The van der Waals surface area contributed by atoms with E-state index < -0.39 is 22.9 Å². The van der Waals surface area contributed by atoms with Crippen LogP contribution < -0.4 is 15.5 Å². The van der Waals surface area contributed by atoms with Gasteiger partial charge in [0, 0.05) is 19.4 Å². The van der Waals surface area contributed by atoms with Gasteiger partial charge < -0.3 is 24.7 Å². The van der Waals surface area contributed by atoms with E-state index in [-0.39, 0.29) is 47.6 Å². The van der Waals surface area contributed by atoms with Crippen LogP contribution in [-0.4, -0.2) is 34.2 Å². The molecule has 168 valence electrons. The average molecular weight is 443 g/mol. The molecule has 0 saturated carbocycles. The standard InChI is InChI=1S/C23H22FNO7/c1-23(29,30)22(28)25-10-4-5-15(26)11-14-8-9-16-19(12-14)31-13-20(21(16)27)32-18-7-3-2-6-17(18)24/h2-3,6-9,12-13,29-30H,4-5,10-11H2,1H3,(H,25,28). The molecule has 3 aromatic rings. The highest BCUT2D eigenvalue weighted by atomic mass is 19.1. The summed E-state index contributed by atoms with van der Waals surface area (Å²) in [4.78, 5) is 36.2. The summed E-state index contributed by atoms with van der Waals surface area (Å²) in [7, 11) is 0. The van der Waals surface area contributed by atoms with Gasteiger partial charge in [0.05, 0.1) is 5.39 Å². The molecule has 0 atom stereocenters. The molecule has 0 radical (unpaired) electrons. The van der Waals surface area contributed by atoms with Gasteiger partial charge in [0.1, 0.15) is 17.6 Å². The molecule has 9 heteroatoms. The van der Waals surface area contributed by atoms with Crippen LogP contribution in [0.2, 0.25) is 0 Å². The van der Waals surface area contributed by atoms with Crippen molar-refractivity contribution in [1.82, 2.24) is 5.32 Å². The summed E-state index contributed by atoms with van der Waals surface area (Å²) in [6.45, 7) is 1.07. The molecule has 3 rings (SSSR count). The third-order valence-electron chi connectivity index (χ3n) is 4.61. The number of hydrogen-bond acceptors (Lipinski definition) is 7. The van der Waals surface area contributed by atoms with Crippen LogP contribution in [0.3, 0.4) is 0 Å². The predicted molar refractivity (Wildman–Crippen MR) is 113 cm³/mol. The summed E-state index contributed by atoms with van der Waals surface area (Å²) in [6.07, 6.45) is 1.70. The van der Waals surface area contributed by atoms with Crippen LogP contribution in [0.15, 0.2) is 57.9 Å². The zero-order chi connectivity index (χ0) is 23.3. The van der Waals surface area contributed by atoms with Crippen LogP contribution in [0.25, 0.3) is 11.0 Å². The summed E-state index contributed by atoms with van der Waals surface area (Å²) in [5, 5.41) is 20.8. The number of carbonyl (C=O) groups is 2. The molecule has 0 aliphatic heterocycles. The zero-order valence-electron chi connectivity index (χ0n) is 17.3. The van der Waals surface area contributed by atoms with Gasteiger partial charge >= 0.3 is 0 Å². The summed E-state index contributed by atoms with van der Waals surface area (Å²) in [6, 6.07) is 10.4. The minimum atomic E-state index is -2.46. The van der Waals surface area contributed by atoms with E-state index in [1.54, 1.807) is 18.2 Å². The van der Waals surface area contributed by atoms with Crippen LogP contribution in [0, 0.1) is 5.82 Å². The highest BCUT2D eigenvalue weighted by Crippen LogP contribution is 2.24. The van der Waals surface area contributed by atoms with Gasteiger partial charge in [0.2, 0.25) is 17.0 Å². The molecule has 0 unspecified atom stereocenters. The van der Waals surface area contributed by atoms with Crippen LogP contribution in [0.5, 0.6) is 11.5 Å². The number of ether oxygens (including phenoxy) is 1. The number of fused-ring (bicyclic) bond motifs is 1. The lowest BCUT2D eigenvalue weighted by Crippen LogP contribution is -2.44. The molecule has 1 aromatic heterocycles. The van der Waals surface area contributed by atoms with Crippen molar-refractivity contribution >= 4 is 22.7 Å². The van der Waals surface area contributed by atoms with Crippen molar-refractivity contribution in [2.75, 3.05) is 6.54 Å². The van der Waals surface area contributed by atoms with E-state index in [0.29, 0.717) is 12.0 Å². The quantitative estimate of drug-likeness (QED) is 0.343. The Labute approximate surface area is 182 Å². The first-order valence-corrected chi connectivity index (χ1v) is 9.86. The lowest BCUT2D eigenvalue weighted by atomic mass is 10.0. The Bertz CT molecular complexity index is 1200. The molecule has 0 bridgehead atoms. The topological polar surface area (TPSA) is 126 Å². The van der Waals surface area contributed by atoms with Crippen molar-refractivity contribution in [3.8, 4) is 11.5 Å². The van der Waals surface area contributed by atoms with Gasteiger partial charge in [-0.1, -0.05) is 18.2 Å². The molecule has 3 N–H and O–H groups in total. The molecule has 0 spiro atoms. The van der Waals surface area contributed by atoms with Crippen molar-refractivity contribution in [3.05, 3.63) is 70.3 Å². The second kappa shape index (κ2) is 9.71. The number of rotatable bonds is 9. The Hall–Kier alpha value is -3.56. The lowest BCUT2D eigenvalue weighted by Gasteiger charge is -2.14. The molecule has 8 nitrogen and oxygen atoms in total. The van der Waals surface area contributed by atoms with E-state index in [0.717, 1.165) is 13.2 Å². The number of benzene rings is 2. The smallest absolute Gasteiger partial charge is 0.279 e. The number of amides is 1. The van der Waals surface area contributed by atoms with Gasteiger partial charge in [-0.15, -0.1) is 0 Å². The SMILES string of the molecule is CC(O)(O)C(=O)NCCCC(=O)Cc1ccc2c(=O)c(Oc3ccccc3F)coc2c1. The van der Waals surface area contributed by atoms with Gasteiger partial charge in [-0.2, -0.15) is 0 Å². The number of carbonyl (C=O) groups excluding carboxylic acids is 2. The minimum absolute atomic E-state index is 0.0960. The Morgan fingerprint density at radius 2 is 1.91 bits per heavy atom. The number of halogens is 1. The molecule has 1 amide bonds. The van der Waals surface area contributed by atoms with E-state index in [9.17, 15) is 18.8 Å². The van der Waals surface area contributed by atoms with E-state index in [1.807, 2.05) is 0 Å². The molecule has 2 aromatic carbocycles. The first-order chi connectivity index (χ1) is 15.1. The molecule has 0 aliphatic rings. The summed E-state index contributed by atoms with van der Waals surface area (Å²) in [5.74, 6) is -4.36. The predicted octanol–water partition coefficient (Wildman–Crippen LogP) is 2.43. The molecule has 1 heterocycles. The highest BCUT2D eigenvalue weighted by molar-refractivity contribution is 5.84. The number of ketones is 1. The largest absolute Gasteiger partial charge is 0.460 e. The maximum absolute atomic E-state index is 13.8. The Morgan fingerprint density at radius 1 is 1.16 bits per heavy atom. The van der Waals surface area contributed by atoms with E-state index >= 15 is 0 Å². The Kier molecular flexibility index (Phi) is 7.01. The van der Waals surface area contributed by atoms with Crippen LogP contribution in [-0.2, 0) is 16.0 Å². The number of aliphatic hydroxyl groups is 2. The Morgan fingerprint density at radius 3 is 2.62 bits per heavy atom. The van der Waals surface area contributed by atoms with Crippen LogP contribution in [0.1, 0.15) is 25.3 Å². The molecule has 0 saturated heterocycles. The fourth-order valence-corrected chi connectivity index (χ4v) is 2.95. The van der Waals surface area contributed by atoms with Crippen molar-refractivity contribution < 1.29 is 33.3 Å². The Balaban J connectivity index is 1.62. The third-order valence-corrected chi connectivity index (χ3v) is 4.61. The zero-order valence-corrected chi connectivity index (χ0v) is 17.3. The van der Waals surface area contributed by atoms with Gasteiger partial charge in [-0.05, 0) is 43.2 Å². The van der Waals surface area contributed by atoms with Crippen LogP contribution >= 0.6 is 0 Å². The maximum atomic E-state index is 13.8. The van der Waals surface area contributed by atoms with Gasteiger partial charge in [-0.3, -0.25) is 14.4 Å². The van der Waals surface area contributed by atoms with E-state index in [1.165, 1.54) is 24.3 Å². The summed E-state index contributed by atoms with van der Waals surface area (Å²) >= 11 is 0. The van der Waals surface area contributed by atoms with Crippen molar-refractivity contribution in [2.24, 2.45) is 0 Å². The monoisotopic (exact) mass is 443 g/mol. The van der Waals surface area contributed by atoms with Crippen molar-refractivity contribution in [3.63, 3.8) is 0 Å². The second-order valence-electron chi connectivity index (χ2n) is 7.39. The molecule has 32 heavy (non-hydrogen) atoms. The fourth-order valence-electron chi connectivity index (χ4n) is 2.95. The lowest BCUT2D eigenvalue weighted by molar-refractivity contribution is -0.178.